The van der Waals surface area contributed by atoms with Crippen molar-refractivity contribution in [3.8, 4) is 0 Å². The van der Waals surface area contributed by atoms with Gasteiger partial charge in [-0.3, -0.25) is 0 Å². The summed E-state index contributed by atoms with van der Waals surface area (Å²) in [7, 11) is 3.53. The fourth-order valence-corrected chi connectivity index (χ4v) is 2.00. The van der Waals surface area contributed by atoms with E-state index in [4.69, 9.17) is 4.74 Å². The lowest BCUT2D eigenvalue weighted by molar-refractivity contribution is 0.264. The van der Waals surface area contributed by atoms with Gasteiger partial charge in [0.25, 0.3) is 0 Å². The van der Waals surface area contributed by atoms with Gasteiger partial charge in [0.2, 0.25) is 0 Å². The van der Waals surface area contributed by atoms with Gasteiger partial charge in [-0.25, -0.2) is 0 Å². The highest BCUT2D eigenvalue weighted by Gasteiger charge is 2.11. The Kier molecular flexibility index (Phi) is 7.66. The van der Waals surface area contributed by atoms with E-state index >= 15 is 0 Å². The van der Waals surface area contributed by atoms with Gasteiger partial charge in [0.15, 0.2) is 5.88 Å². The van der Waals surface area contributed by atoms with Crippen LogP contribution in [0, 0.1) is 0 Å². The molecule has 0 aromatic heterocycles. The van der Waals surface area contributed by atoms with Crippen LogP contribution < -0.4 is 5.32 Å². The topological polar surface area (TPSA) is 21.3 Å². The van der Waals surface area contributed by atoms with Crippen molar-refractivity contribution >= 4 is 0 Å². The molecule has 0 aliphatic heterocycles. The SMILES string of the molecule is C=C/C(=C/C(C)=C/C)C(=C(C)C)/C(C)=C(\NC)OC. The lowest BCUT2D eigenvalue weighted by atomic mass is 9.93. The van der Waals surface area contributed by atoms with Crippen LogP contribution in [0.25, 0.3) is 0 Å². The van der Waals surface area contributed by atoms with Crippen LogP contribution in [-0.4, -0.2) is 14.2 Å². The molecule has 0 bridgehead atoms. The maximum Gasteiger partial charge on any atom is 0.189 e. The minimum atomic E-state index is 0.780. The van der Waals surface area contributed by atoms with Crippen molar-refractivity contribution in [2.24, 2.45) is 0 Å². The zero-order valence-electron chi connectivity index (χ0n) is 13.3. The molecular weight excluding hydrogens is 234 g/mol. The molecular formula is C17H27NO. The Hall–Kier alpha value is -1.70. The summed E-state index contributed by atoms with van der Waals surface area (Å²) in [5.74, 6) is 0.780. The zero-order chi connectivity index (χ0) is 15.0. The molecule has 0 fully saturated rings. The van der Waals surface area contributed by atoms with Gasteiger partial charge in [0, 0.05) is 12.6 Å². The normalized spacial score (nSPS) is 13.6. The third-order valence-corrected chi connectivity index (χ3v) is 2.99. The van der Waals surface area contributed by atoms with Crippen molar-refractivity contribution in [2.45, 2.75) is 34.6 Å². The van der Waals surface area contributed by atoms with E-state index in [0.717, 1.165) is 17.0 Å². The van der Waals surface area contributed by atoms with Crippen LogP contribution in [0.15, 0.2) is 58.6 Å². The van der Waals surface area contributed by atoms with Crippen LogP contribution in [0.4, 0.5) is 0 Å². The Labute approximate surface area is 118 Å². The summed E-state index contributed by atoms with van der Waals surface area (Å²) in [6.07, 6.45) is 6.12. The Balaban J connectivity index is 5.99. The third-order valence-electron chi connectivity index (χ3n) is 2.99. The molecule has 1 N–H and O–H groups in total. The lowest BCUT2D eigenvalue weighted by Gasteiger charge is -2.16. The Morgan fingerprint density at radius 2 is 1.74 bits per heavy atom. The van der Waals surface area contributed by atoms with E-state index in [2.05, 4.69) is 51.7 Å². The molecule has 0 aliphatic rings. The fourth-order valence-electron chi connectivity index (χ4n) is 2.00. The van der Waals surface area contributed by atoms with Crippen LogP contribution in [0.1, 0.15) is 34.6 Å². The standard InChI is InChI=1S/C17H27NO/c1-9-13(5)11-15(10-2)16(12(3)4)14(6)17(18-7)19-8/h9-11,18H,2H2,1,3-8H3/b13-9+,15-11-,17-14+. The van der Waals surface area contributed by atoms with E-state index in [-0.39, 0.29) is 0 Å². The van der Waals surface area contributed by atoms with Crippen molar-refractivity contribution in [1.82, 2.24) is 5.32 Å². The molecule has 0 atom stereocenters. The smallest absolute Gasteiger partial charge is 0.189 e. The largest absolute Gasteiger partial charge is 0.482 e. The van der Waals surface area contributed by atoms with Crippen molar-refractivity contribution in [3.63, 3.8) is 0 Å². The maximum absolute atomic E-state index is 5.38. The second-order valence-corrected chi connectivity index (χ2v) is 4.62. The maximum atomic E-state index is 5.38. The monoisotopic (exact) mass is 261 g/mol. The minimum Gasteiger partial charge on any atom is -0.482 e. The quantitative estimate of drug-likeness (QED) is 0.561. The number of hydrogen-bond acceptors (Lipinski definition) is 2. The first kappa shape index (κ1) is 17.3. The molecule has 0 rings (SSSR count). The zero-order valence-corrected chi connectivity index (χ0v) is 13.3. The van der Waals surface area contributed by atoms with Crippen LogP contribution >= 0.6 is 0 Å². The van der Waals surface area contributed by atoms with E-state index in [9.17, 15) is 0 Å². The van der Waals surface area contributed by atoms with Gasteiger partial charge < -0.3 is 10.1 Å². The number of nitrogens with one attached hydrogen (secondary N) is 1. The fraction of sp³-hybridized carbons (Fsp3) is 0.412. The number of methoxy groups -OCH3 is 1. The van der Waals surface area contributed by atoms with Crippen LogP contribution in [-0.2, 0) is 4.74 Å². The third kappa shape index (κ3) is 4.82. The van der Waals surface area contributed by atoms with E-state index < -0.39 is 0 Å². The summed E-state index contributed by atoms with van der Waals surface area (Å²) < 4.78 is 5.38. The molecule has 0 radical (unpaired) electrons. The summed E-state index contributed by atoms with van der Waals surface area (Å²) >= 11 is 0. The molecule has 0 amide bonds. The highest BCUT2D eigenvalue weighted by atomic mass is 16.5. The molecule has 0 aliphatic carbocycles. The van der Waals surface area contributed by atoms with Crippen molar-refractivity contribution in [1.29, 1.82) is 0 Å². The average molecular weight is 261 g/mol. The predicted molar refractivity (Wildman–Crippen MR) is 84.9 cm³/mol. The first-order valence-corrected chi connectivity index (χ1v) is 6.50. The van der Waals surface area contributed by atoms with Gasteiger partial charge in [0.1, 0.15) is 0 Å². The van der Waals surface area contributed by atoms with Gasteiger partial charge in [-0.1, -0.05) is 36.0 Å². The van der Waals surface area contributed by atoms with E-state index in [0.29, 0.717) is 0 Å². The summed E-state index contributed by atoms with van der Waals surface area (Å²) in [4.78, 5) is 0. The molecule has 19 heavy (non-hydrogen) atoms. The van der Waals surface area contributed by atoms with Crippen molar-refractivity contribution < 1.29 is 4.74 Å². The summed E-state index contributed by atoms with van der Waals surface area (Å²) in [5.41, 5.74) is 5.81. The second-order valence-electron chi connectivity index (χ2n) is 4.62. The number of rotatable bonds is 6. The second kappa shape index (κ2) is 8.41. The highest BCUT2D eigenvalue weighted by Crippen LogP contribution is 2.27. The van der Waals surface area contributed by atoms with Crippen molar-refractivity contribution in [3.05, 3.63) is 58.6 Å². The Morgan fingerprint density at radius 3 is 2.05 bits per heavy atom. The summed E-state index contributed by atoms with van der Waals surface area (Å²) in [5, 5.41) is 3.08. The molecule has 106 valence electrons. The van der Waals surface area contributed by atoms with Crippen LogP contribution in [0.3, 0.4) is 0 Å². The first-order chi connectivity index (χ1) is 8.92. The molecule has 0 aromatic rings. The van der Waals surface area contributed by atoms with Crippen LogP contribution in [0.2, 0.25) is 0 Å². The van der Waals surface area contributed by atoms with Gasteiger partial charge in [-0.2, -0.15) is 0 Å². The molecule has 0 saturated heterocycles. The highest BCUT2D eigenvalue weighted by molar-refractivity contribution is 5.55. The minimum absolute atomic E-state index is 0.780. The first-order valence-electron chi connectivity index (χ1n) is 6.50. The molecule has 0 saturated carbocycles. The Bertz CT molecular complexity index is 438. The van der Waals surface area contributed by atoms with Crippen molar-refractivity contribution in [2.75, 3.05) is 14.2 Å². The van der Waals surface area contributed by atoms with Gasteiger partial charge in [-0.05, 0) is 45.8 Å². The van der Waals surface area contributed by atoms with E-state index in [1.165, 1.54) is 16.7 Å². The molecule has 0 spiro atoms. The van der Waals surface area contributed by atoms with Gasteiger partial charge in [-0.15, -0.1) is 0 Å². The predicted octanol–water partition coefficient (Wildman–Crippen LogP) is 4.50. The molecule has 2 heteroatoms. The number of ether oxygens (including phenoxy) is 1. The summed E-state index contributed by atoms with van der Waals surface area (Å²) in [6, 6.07) is 0. The van der Waals surface area contributed by atoms with Gasteiger partial charge in [0.05, 0.1) is 7.11 Å². The number of hydrogen-bond donors (Lipinski definition) is 1. The van der Waals surface area contributed by atoms with Gasteiger partial charge >= 0.3 is 0 Å². The lowest BCUT2D eigenvalue weighted by Crippen LogP contribution is -2.12. The molecule has 0 unspecified atom stereocenters. The average Bonchev–Trinajstić information content (AvgIpc) is 2.38. The molecule has 0 heterocycles. The number of allylic oxidation sites excluding steroid dienone is 8. The van der Waals surface area contributed by atoms with E-state index in [1.54, 1.807) is 7.11 Å². The molecule has 0 aromatic carbocycles. The van der Waals surface area contributed by atoms with Crippen LogP contribution in [0.5, 0.6) is 0 Å². The Morgan fingerprint density at radius 1 is 1.16 bits per heavy atom. The van der Waals surface area contributed by atoms with E-state index in [1.807, 2.05) is 20.0 Å². The molecule has 2 nitrogen and oxygen atoms in total. The summed E-state index contributed by atoms with van der Waals surface area (Å²) in [6.45, 7) is 14.3.